The Balaban J connectivity index is 2.58. The third kappa shape index (κ3) is 2.88. The maximum absolute atomic E-state index is 12.4. The number of nitrogens with two attached hydrogens (primary N) is 2. The van der Waals surface area contributed by atoms with Crippen molar-refractivity contribution in [1.29, 1.82) is 0 Å². The van der Waals surface area contributed by atoms with Gasteiger partial charge in [0.15, 0.2) is 0 Å². The summed E-state index contributed by atoms with van der Waals surface area (Å²) in [7, 11) is 0. The quantitative estimate of drug-likeness (QED) is 0.722. The molecule has 0 aliphatic heterocycles. The molecule has 2 aromatic rings. The van der Waals surface area contributed by atoms with E-state index in [9.17, 15) is 14.4 Å². The van der Waals surface area contributed by atoms with E-state index in [0.717, 1.165) is 4.68 Å². The SMILES string of the molecule is CCOC(=O)n1nc(N)cc1-c1c(N)[nH]n(C(=O)OCC)c1=O. The second-order valence-corrected chi connectivity index (χ2v) is 4.31. The van der Waals surface area contributed by atoms with Gasteiger partial charge >= 0.3 is 12.2 Å². The van der Waals surface area contributed by atoms with Crippen LogP contribution in [0.2, 0.25) is 0 Å². The number of carbonyl (C=O) groups is 2. The second kappa shape index (κ2) is 6.25. The van der Waals surface area contributed by atoms with Crippen molar-refractivity contribution in [3.05, 3.63) is 16.4 Å². The molecule has 0 bridgehead atoms. The van der Waals surface area contributed by atoms with E-state index in [2.05, 4.69) is 10.2 Å². The summed E-state index contributed by atoms with van der Waals surface area (Å²) in [5.74, 6) is -0.163. The topological polar surface area (TPSA) is 160 Å². The maximum atomic E-state index is 12.4. The van der Waals surface area contributed by atoms with Gasteiger partial charge < -0.3 is 20.9 Å². The number of nitrogens with zero attached hydrogens (tertiary/aromatic N) is 3. The van der Waals surface area contributed by atoms with Crippen LogP contribution in [0.4, 0.5) is 21.2 Å². The number of ether oxygens (including phenoxy) is 2. The first-order valence-electron chi connectivity index (χ1n) is 6.71. The van der Waals surface area contributed by atoms with Crippen molar-refractivity contribution < 1.29 is 19.1 Å². The fourth-order valence-electron chi connectivity index (χ4n) is 1.92. The van der Waals surface area contributed by atoms with Crippen LogP contribution in [0.1, 0.15) is 13.8 Å². The second-order valence-electron chi connectivity index (χ2n) is 4.31. The molecule has 0 saturated carbocycles. The number of aromatic nitrogens is 4. The zero-order valence-electron chi connectivity index (χ0n) is 12.5. The standard InChI is InChI=1S/C12H16N6O5/c1-3-22-11(20)17-6(5-7(13)15-17)8-9(14)16-18(10(8)19)12(21)23-4-2/h5,16H,3-4,14H2,1-2H3,(H2,13,15). The predicted octanol–water partition coefficient (Wildman–Crippen LogP) is 0.213. The summed E-state index contributed by atoms with van der Waals surface area (Å²) in [6.45, 7) is 3.39. The number of hydrogen-bond acceptors (Lipinski definition) is 8. The van der Waals surface area contributed by atoms with E-state index in [4.69, 9.17) is 20.9 Å². The molecule has 0 amide bonds. The number of aromatic amines is 1. The molecule has 23 heavy (non-hydrogen) atoms. The summed E-state index contributed by atoms with van der Waals surface area (Å²) in [4.78, 5) is 36.0. The van der Waals surface area contributed by atoms with Crippen LogP contribution in [-0.2, 0) is 9.47 Å². The molecule has 5 N–H and O–H groups in total. The van der Waals surface area contributed by atoms with Crippen LogP contribution in [0.5, 0.6) is 0 Å². The van der Waals surface area contributed by atoms with E-state index in [0.29, 0.717) is 4.68 Å². The molecule has 0 aliphatic rings. The number of carbonyl (C=O) groups excluding carboxylic acids is 2. The van der Waals surface area contributed by atoms with Crippen molar-refractivity contribution in [2.45, 2.75) is 13.8 Å². The highest BCUT2D eigenvalue weighted by atomic mass is 16.6. The van der Waals surface area contributed by atoms with Crippen LogP contribution in [0.15, 0.2) is 10.9 Å². The van der Waals surface area contributed by atoms with Crippen molar-refractivity contribution in [2.24, 2.45) is 0 Å². The summed E-state index contributed by atoms with van der Waals surface area (Å²) in [6, 6.07) is 1.27. The minimum absolute atomic E-state index is 0.00254. The molecule has 2 rings (SSSR count). The highest BCUT2D eigenvalue weighted by Gasteiger charge is 2.25. The van der Waals surface area contributed by atoms with Gasteiger partial charge in [0.25, 0.3) is 5.56 Å². The van der Waals surface area contributed by atoms with E-state index in [-0.39, 0.29) is 36.1 Å². The largest absolute Gasteiger partial charge is 0.448 e. The van der Waals surface area contributed by atoms with Gasteiger partial charge in [-0.1, -0.05) is 0 Å². The molecule has 11 nitrogen and oxygen atoms in total. The summed E-state index contributed by atoms with van der Waals surface area (Å²) >= 11 is 0. The van der Waals surface area contributed by atoms with E-state index < -0.39 is 17.7 Å². The smallest absolute Gasteiger partial charge is 0.436 e. The average molecular weight is 324 g/mol. The molecular weight excluding hydrogens is 308 g/mol. The lowest BCUT2D eigenvalue weighted by atomic mass is 10.2. The molecule has 2 heterocycles. The highest BCUT2D eigenvalue weighted by molar-refractivity contribution is 5.83. The van der Waals surface area contributed by atoms with Gasteiger partial charge in [0.05, 0.1) is 18.9 Å². The van der Waals surface area contributed by atoms with E-state index in [1.807, 2.05) is 0 Å². The molecule has 124 valence electrons. The zero-order valence-corrected chi connectivity index (χ0v) is 12.5. The minimum Gasteiger partial charge on any atom is -0.448 e. The third-order valence-corrected chi connectivity index (χ3v) is 2.79. The van der Waals surface area contributed by atoms with Gasteiger partial charge in [-0.2, -0.15) is 4.68 Å². The normalized spacial score (nSPS) is 10.5. The van der Waals surface area contributed by atoms with Crippen molar-refractivity contribution in [3.63, 3.8) is 0 Å². The summed E-state index contributed by atoms with van der Waals surface area (Å²) in [5, 5.41) is 6.14. The Hall–Kier alpha value is -3.24. The van der Waals surface area contributed by atoms with E-state index in [1.165, 1.54) is 6.07 Å². The Morgan fingerprint density at radius 1 is 1.22 bits per heavy atom. The summed E-state index contributed by atoms with van der Waals surface area (Å²) in [6.07, 6.45) is -1.76. The Bertz CT molecular complexity index is 801. The lowest BCUT2D eigenvalue weighted by Crippen LogP contribution is -2.27. The first-order valence-corrected chi connectivity index (χ1v) is 6.71. The molecule has 2 aromatic heterocycles. The fourth-order valence-corrected chi connectivity index (χ4v) is 1.92. The minimum atomic E-state index is -0.925. The van der Waals surface area contributed by atoms with Gasteiger partial charge in [-0.25, -0.2) is 9.59 Å². The maximum Gasteiger partial charge on any atom is 0.436 e. The van der Waals surface area contributed by atoms with Crippen molar-refractivity contribution in [1.82, 2.24) is 19.6 Å². The van der Waals surface area contributed by atoms with Crippen LogP contribution >= 0.6 is 0 Å². The van der Waals surface area contributed by atoms with Crippen molar-refractivity contribution in [3.8, 4) is 11.3 Å². The van der Waals surface area contributed by atoms with Crippen molar-refractivity contribution >= 4 is 23.8 Å². The monoisotopic (exact) mass is 324 g/mol. The van der Waals surface area contributed by atoms with Crippen LogP contribution in [0.25, 0.3) is 11.3 Å². The van der Waals surface area contributed by atoms with Crippen LogP contribution < -0.4 is 17.0 Å². The molecule has 0 fully saturated rings. The number of rotatable bonds is 3. The van der Waals surface area contributed by atoms with Gasteiger partial charge in [-0.05, 0) is 13.8 Å². The fraction of sp³-hybridized carbons (Fsp3) is 0.333. The number of nitrogens with one attached hydrogen (secondary N) is 1. The number of anilines is 2. The molecular formula is C12H16N6O5. The Labute approximate surface area is 129 Å². The Morgan fingerprint density at radius 2 is 1.83 bits per heavy atom. The molecule has 0 saturated heterocycles. The lowest BCUT2D eigenvalue weighted by Gasteiger charge is -2.04. The Morgan fingerprint density at radius 3 is 2.43 bits per heavy atom. The number of hydrogen-bond donors (Lipinski definition) is 3. The summed E-state index contributed by atoms with van der Waals surface area (Å²) in [5.41, 5.74) is 10.4. The van der Waals surface area contributed by atoms with E-state index in [1.54, 1.807) is 13.8 Å². The predicted molar refractivity (Wildman–Crippen MR) is 79.9 cm³/mol. The van der Waals surface area contributed by atoms with Crippen LogP contribution in [-0.4, -0.2) is 45.0 Å². The number of nitrogen functional groups attached to an aromatic ring is 2. The van der Waals surface area contributed by atoms with Gasteiger partial charge in [-0.15, -0.1) is 9.78 Å². The zero-order chi connectivity index (χ0) is 17.1. The van der Waals surface area contributed by atoms with Crippen LogP contribution in [0.3, 0.4) is 0 Å². The van der Waals surface area contributed by atoms with Gasteiger partial charge in [0, 0.05) is 6.07 Å². The molecule has 0 aliphatic carbocycles. The molecule has 0 spiro atoms. The highest BCUT2D eigenvalue weighted by Crippen LogP contribution is 2.23. The number of H-pyrrole nitrogens is 1. The van der Waals surface area contributed by atoms with Gasteiger partial charge in [0.1, 0.15) is 17.2 Å². The van der Waals surface area contributed by atoms with Gasteiger partial charge in [-0.3, -0.25) is 9.89 Å². The molecule has 0 aromatic carbocycles. The molecule has 0 atom stereocenters. The Kier molecular flexibility index (Phi) is 4.39. The molecule has 0 unspecified atom stereocenters. The molecule has 11 heteroatoms. The van der Waals surface area contributed by atoms with Gasteiger partial charge in [0.2, 0.25) is 0 Å². The van der Waals surface area contributed by atoms with Crippen LogP contribution in [0, 0.1) is 0 Å². The average Bonchev–Trinajstić information content (AvgIpc) is 2.99. The molecule has 0 radical (unpaired) electrons. The van der Waals surface area contributed by atoms with Crippen molar-refractivity contribution in [2.75, 3.05) is 24.7 Å². The van der Waals surface area contributed by atoms with E-state index >= 15 is 0 Å². The first kappa shape index (κ1) is 16.1. The lowest BCUT2D eigenvalue weighted by molar-refractivity contribution is 0.149. The third-order valence-electron chi connectivity index (χ3n) is 2.79. The summed E-state index contributed by atoms with van der Waals surface area (Å²) < 4.78 is 11.0. The first-order chi connectivity index (χ1) is 10.9.